The van der Waals surface area contributed by atoms with Crippen LogP contribution < -0.4 is 5.06 Å². The van der Waals surface area contributed by atoms with Gasteiger partial charge in [0.2, 0.25) is 0 Å². The van der Waals surface area contributed by atoms with Gasteiger partial charge >= 0.3 is 0 Å². The van der Waals surface area contributed by atoms with E-state index in [2.05, 4.69) is 6.58 Å². The van der Waals surface area contributed by atoms with E-state index in [1.165, 1.54) is 0 Å². The molecule has 1 rings (SSSR count). The minimum atomic E-state index is -0.393. The Hall–Kier alpha value is -1.28. The summed E-state index contributed by atoms with van der Waals surface area (Å²) in [6, 6.07) is 7.41. The van der Waals surface area contributed by atoms with Gasteiger partial charge in [-0.1, -0.05) is 30.0 Å². The van der Waals surface area contributed by atoms with E-state index in [0.29, 0.717) is 5.69 Å². The molecule has 0 atom stereocenters. The van der Waals surface area contributed by atoms with Gasteiger partial charge < -0.3 is 0 Å². The van der Waals surface area contributed by atoms with Crippen LogP contribution in [0.4, 0.5) is 5.69 Å². The largest absolute Gasteiger partial charge is 0.215 e. The van der Waals surface area contributed by atoms with Crippen LogP contribution in [0.5, 0.6) is 0 Å². The molecular weight excluding hydrogens is 174 g/mol. The van der Waals surface area contributed by atoms with Gasteiger partial charge in [0, 0.05) is 0 Å². The Bertz CT molecular complexity index is 308. The first-order valence-electron chi connectivity index (χ1n) is 4.65. The van der Waals surface area contributed by atoms with Crippen molar-refractivity contribution in [1.29, 1.82) is 0 Å². The van der Waals surface area contributed by atoms with Gasteiger partial charge in [0.25, 0.3) is 0 Å². The summed E-state index contributed by atoms with van der Waals surface area (Å²) in [5.41, 5.74) is 1.31. The molecule has 1 radical (unpaired) electrons. The summed E-state index contributed by atoms with van der Waals surface area (Å²) in [4.78, 5) is 0. The summed E-state index contributed by atoms with van der Waals surface area (Å²) in [5, 5.41) is 12.8. The maximum Gasteiger partial charge on any atom is 0.0674 e. The third kappa shape index (κ3) is 2.36. The standard InChI is InChI=1S/C12H16NO/c1-5-10-6-8-11(9-7-10)13(14)12(2,3)4/h5-9H,1H2,2-4H3. The molecule has 0 spiro atoms. The Morgan fingerprint density at radius 2 is 1.71 bits per heavy atom. The van der Waals surface area contributed by atoms with Gasteiger partial charge in [-0.2, -0.15) is 0 Å². The molecule has 0 bridgehead atoms. The molecule has 1 aromatic carbocycles. The highest BCUT2D eigenvalue weighted by molar-refractivity contribution is 5.54. The van der Waals surface area contributed by atoms with Crippen molar-refractivity contribution in [3.8, 4) is 0 Å². The minimum Gasteiger partial charge on any atom is -0.215 e. The topological polar surface area (TPSA) is 23.1 Å². The molecular formula is C12H16NO. The van der Waals surface area contributed by atoms with Crippen LogP contribution in [0.3, 0.4) is 0 Å². The fraction of sp³-hybridized carbons (Fsp3) is 0.333. The SMILES string of the molecule is C=Cc1ccc(N([O])C(C)(C)C)cc1. The highest BCUT2D eigenvalue weighted by Gasteiger charge is 2.20. The number of hydrogen-bond acceptors (Lipinski definition) is 1. The van der Waals surface area contributed by atoms with Crippen LogP contribution in [0.2, 0.25) is 0 Å². The fourth-order valence-electron chi connectivity index (χ4n) is 1.13. The summed E-state index contributed by atoms with van der Waals surface area (Å²) >= 11 is 0. The minimum absolute atomic E-state index is 0.393. The molecule has 0 fully saturated rings. The van der Waals surface area contributed by atoms with Crippen molar-refractivity contribution >= 4 is 11.8 Å². The average molecular weight is 190 g/mol. The van der Waals surface area contributed by atoms with Crippen molar-refractivity contribution in [2.24, 2.45) is 0 Å². The maximum atomic E-state index is 11.8. The van der Waals surface area contributed by atoms with Gasteiger partial charge in [-0.3, -0.25) is 0 Å². The van der Waals surface area contributed by atoms with Crippen molar-refractivity contribution in [1.82, 2.24) is 0 Å². The van der Waals surface area contributed by atoms with E-state index < -0.39 is 5.54 Å². The molecule has 0 saturated heterocycles. The van der Waals surface area contributed by atoms with Crippen LogP contribution in [-0.4, -0.2) is 5.54 Å². The first-order chi connectivity index (χ1) is 6.45. The molecule has 0 heterocycles. The zero-order valence-electron chi connectivity index (χ0n) is 8.95. The van der Waals surface area contributed by atoms with Crippen LogP contribution in [-0.2, 0) is 5.21 Å². The Labute approximate surface area is 85.4 Å². The van der Waals surface area contributed by atoms with Crippen molar-refractivity contribution in [3.05, 3.63) is 36.4 Å². The van der Waals surface area contributed by atoms with Gasteiger partial charge in [0.1, 0.15) is 0 Å². The lowest BCUT2D eigenvalue weighted by Crippen LogP contribution is -2.37. The first kappa shape index (κ1) is 10.8. The van der Waals surface area contributed by atoms with E-state index in [1.807, 2.05) is 45.0 Å². The van der Waals surface area contributed by atoms with Crippen molar-refractivity contribution < 1.29 is 5.21 Å². The summed E-state index contributed by atoms with van der Waals surface area (Å²) < 4.78 is 0. The number of hydroxylamine groups is 1. The smallest absolute Gasteiger partial charge is 0.0674 e. The normalized spacial score (nSPS) is 11.1. The molecule has 75 valence electrons. The van der Waals surface area contributed by atoms with E-state index in [1.54, 1.807) is 6.08 Å². The van der Waals surface area contributed by atoms with Crippen LogP contribution in [0.1, 0.15) is 26.3 Å². The molecule has 2 heteroatoms. The van der Waals surface area contributed by atoms with Gasteiger partial charge in [-0.25, -0.2) is 5.06 Å². The predicted molar refractivity (Wildman–Crippen MR) is 59.5 cm³/mol. The lowest BCUT2D eigenvalue weighted by Gasteiger charge is -2.28. The molecule has 2 nitrogen and oxygen atoms in total. The number of benzene rings is 1. The van der Waals surface area contributed by atoms with Crippen molar-refractivity contribution in [2.75, 3.05) is 5.06 Å². The molecule has 0 aromatic heterocycles. The Kier molecular flexibility index (Phi) is 2.96. The quantitative estimate of drug-likeness (QED) is 0.656. The Morgan fingerprint density at radius 3 is 2.07 bits per heavy atom. The Balaban J connectivity index is 2.92. The van der Waals surface area contributed by atoms with Gasteiger partial charge in [-0.05, 0) is 38.5 Å². The lowest BCUT2D eigenvalue weighted by atomic mass is 10.1. The van der Waals surface area contributed by atoms with Crippen LogP contribution in [0, 0.1) is 0 Å². The zero-order valence-corrected chi connectivity index (χ0v) is 8.95. The van der Waals surface area contributed by atoms with E-state index in [4.69, 9.17) is 0 Å². The average Bonchev–Trinajstić information content (AvgIpc) is 2.15. The fourth-order valence-corrected chi connectivity index (χ4v) is 1.13. The summed E-state index contributed by atoms with van der Waals surface area (Å²) in [6.07, 6.45) is 1.76. The molecule has 14 heavy (non-hydrogen) atoms. The van der Waals surface area contributed by atoms with Crippen LogP contribution >= 0.6 is 0 Å². The molecule has 0 aliphatic heterocycles. The van der Waals surface area contributed by atoms with E-state index in [0.717, 1.165) is 10.6 Å². The second kappa shape index (κ2) is 3.84. The van der Waals surface area contributed by atoms with Gasteiger partial charge in [0.05, 0.1) is 11.2 Å². The molecule has 0 N–H and O–H groups in total. The van der Waals surface area contributed by atoms with Crippen LogP contribution in [0.15, 0.2) is 30.8 Å². The van der Waals surface area contributed by atoms with E-state index in [-0.39, 0.29) is 0 Å². The molecule has 0 unspecified atom stereocenters. The maximum absolute atomic E-state index is 11.8. The molecule has 0 saturated carbocycles. The van der Waals surface area contributed by atoms with Gasteiger partial charge in [0.15, 0.2) is 0 Å². The predicted octanol–water partition coefficient (Wildman–Crippen LogP) is 3.28. The molecule has 0 amide bonds. The lowest BCUT2D eigenvalue weighted by molar-refractivity contribution is 0.102. The second-order valence-corrected chi connectivity index (χ2v) is 4.26. The van der Waals surface area contributed by atoms with Gasteiger partial charge in [-0.15, -0.1) is 0 Å². The highest BCUT2D eigenvalue weighted by Crippen LogP contribution is 2.22. The number of nitrogens with zero attached hydrogens (tertiary/aromatic N) is 1. The van der Waals surface area contributed by atoms with Crippen molar-refractivity contribution in [3.63, 3.8) is 0 Å². The Morgan fingerprint density at radius 1 is 1.21 bits per heavy atom. The summed E-state index contributed by atoms with van der Waals surface area (Å²) in [6.45, 7) is 9.33. The second-order valence-electron chi connectivity index (χ2n) is 4.26. The van der Waals surface area contributed by atoms with E-state index >= 15 is 0 Å². The van der Waals surface area contributed by atoms with Crippen LogP contribution in [0.25, 0.3) is 6.08 Å². The summed E-state index contributed by atoms with van der Waals surface area (Å²) in [5.74, 6) is 0. The highest BCUT2D eigenvalue weighted by atomic mass is 16.5. The molecule has 0 aliphatic rings. The molecule has 0 aliphatic carbocycles. The monoisotopic (exact) mass is 190 g/mol. The number of rotatable bonds is 2. The third-order valence-electron chi connectivity index (χ3n) is 1.97. The number of hydrogen-bond donors (Lipinski definition) is 0. The molecule has 1 aromatic rings. The third-order valence-corrected chi connectivity index (χ3v) is 1.97. The van der Waals surface area contributed by atoms with Crippen molar-refractivity contribution in [2.45, 2.75) is 26.3 Å². The van der Waals surface area contributed by atoms with E-state index in [9.17, 15) is 5.21 Å². The first-order valence-corrected chi connectivity index (χ1v) is 4.65. The number of anilines is 1. The zero-order chi connectivity index (χ0) is 10.8. The summed E-state index contributed by atoms with van der Waals surface area (Å²) in [7, 11) is 0.